The summed E-state index contributed by atoms with van der Waals surface area (Å²) in [6, 6.07) is 9.14. The van der Waals surface area contributed by atoms with Crippen LogP contribution in [0, 0.1) is 13.8 Å². The average molecular weight is 326 g/mol. The number of likely N-dealkylation sites (N-methyl/N-ethyl adjacent to an activating group) is 1. The van der Waals surface area contributed by atoms with E-state index in [9.17, 15) is 9.59 Å². The van der Waals surface area contributed by atoms with Crippen molar-refractivity contribution in [3.8, 4) is 5.69 Å². The van der Waals surface area contributed by atoms with Crippen LogP contribution in [0.1, 0.15) is 30.7 Å². The summed E-state index contributed by atoms with van der Waals surface area (Å²) in [7, 11) is 1.69. The summed E-state index contributed by atoms with van der Waals surface area (Å²) in [4.78, 5) is 26.0. The van der Waals surface area contributed by atoms with Crippen molar-refractivity contribution >= 4 is 17.5 Å². The standard InChI is InChI=1S/C18H22N4O2/c1-12-11-13(2)22(20-12)15-8-5-4-7-14(15)19-18(24)16-9-6-10-17(23)21(16)3/h4-5,7-8,11,16H,6,9-10H2,1-3H3,(H,19,24). The highest BCUT2D eigenvalue weighted by molar-refractivity contribution is 5.99. The van der Waals surface area contributed by atoms with Crippen LogP contribution in [0.25, 0.3) is 5.69 Å². The van der Waals surface area contributed by atoms with E-state index in [0.717, 1.165) is 23.5 Å². The molecule has 2 heterocycles. The Hall–Kier alpha value is -2.63. The normalized spacial score (nSPS) is 17.9. The predicted molar refractivity (Wildman–Crippen MR) is 92.1 cm³/mol. The van der Waals surface area contributed by atoms with Gasteiger partial charge in [0.1, 0.15) is 6.04 Å². The molecule has 126 valence electrons. The second-order valence-electron chi connectivity index (χ2n) is 6.26. The molecule has 0 bridgehead atoms. The number of aromatic nitrogens is 2. The first-order chi connectivity index (χ1) is 11.5. The highest BCUT2D eigenvalue weighted by atomic mass is 16.2. The highest BCUT2D eigenvalue weighted by Gasteiger charge is 2.30. The highest BCUT2D eigenvalue weighted by Crippen LogP contribution is 2.23. The van der Waals surface area contributed by atoms with Crippen LogP contribution in [-0.4, -0.2) is 39.6 Å². The second kappa shape index (κ2) is 6.47. The Labute approximate surface area is 141 Å². The average Bonchev–Trinajstić information content (AvgIpc) is 2.89. The molecule has 1 aromatic heterocycles. The second-order valence-corrected chi connectivity index (χ2v) is 6.26. The van der Waals surface area contributed by atoms with E-state index in [1.807, 2.05) is 48.9 Å². The van der Waals surface area contributed by atoms with Crippen LogP contribution in [-0.2, 0) is 9.59 Å². The number of rotatable bonds is 3. The van der Waals surface area contributed by atoms with E-state index in [-0.39, 0.29) is 11.8 Å². The molecule has 3 rings (SSSR count). The van der Waals surface area contributed by atoms with E-state index in [2.05, 4.69) is 10.4 Å². The van der Waals surface area contributed by atoms with Crippen LogP contribution in [0.2, 0.25) is 0 Å². The lowest BCUT2D eigenvalue weighted by molar-refractivity contribution is -0.140. The number of carbonyl (C=O) groups excluding carboxylic acids is 2. The Kier molecular flexibility index (Phi) is 4.38. The largest absolute Gasteiger partial charge is 0.334 e. The quantitative estimate of drug-likeness (QED) is 0.942. The molecule has 1 atom stereocenters. The molecule has 2 amide bonds. The molecule has 0 saturated carbocycles. The van der Waals surface area contributed by atoms with Crippen LogP contribution in [0.5, 0.6) is 0 Å². The maximum absolute atomic E-state index is 12.7. The fraction of sp³-hybridized carbons (Fsp3) is 0.389. The number of para-hydroxylation sites is 2. The third-order valence-corrected chi connectivity index (χ3v) is 4.43. The summed E-state index contributed by atoms with van der Waals surface area (Å²) in [5, 5.41) is 7.46. The van der Waals surface area contributed by atoms with Gasteiger partial charge >= 0.3 is 0 Å². The third-order valence-electron chi connectivity index (χ3n) is 4.43. The Morgan fingerprint density at radius 2 is 2.04 bits per heavy atom. The van der Waals surface area contributed by atoms with Gasteiger partial charge in [0.15, 0.2) is 0 Å². The van der Waals surface area contributed by atoms with Gasteiger partial charge in [-0.2, -0.15) is 5.10 Å². The van der Waals surface area contributed by atoms with Crippen molar-refractivity contribution in [1.82, 2.24) is 14.7 Å². The van der Waals surface area contributed by atoms with Gasteiger partial charge in [-0.05, 0) is 44.9 Å². The van der Waals surface area contributed by atoms with Gasteiger partial charge in [0, 0.05) is 19.2 Å². The molecule has 2 aromatic rings. The summed E-state index contributed by atoms with van der Waals surface area (Å²) in [5.41, 5.74) is 3.44. The molecule has 6 heteroatoms. The third kappa shape index (κ3) is 3.04. The summed E-state index contributed by atoms with van der Waals surface area (Å²) in [6.07, 6.45) is 1.96. The first kappa shape index (κ1) is 16.2. The molecular weight excluding hydrogens is 304 g/mol. The number of nitrogens with one attached hydrogen (secondary N) is 1. The fourth-order valence-electron chi connectivity index (χ4n) is 3.15. The number of amides is 2. The number of hydrogen-bond donors (Lipinski definition) is 1. The Balaban J connectivity index is 1.87. The van der Waals surface area contributed by atoms with Gasteiger partial charge in [0.2, 0.25) is 11.8 Å². The Morgan fingerprint density at radius 3 is 2.75 bits per heavy atom. The van der Waals surface area contributed by atoms with Crippen molar-refractivity contribution in [3.05, 3.63) is 41.7 Å². The van der Waals surface area contributed by atoms with Gasteiger partial charge in [-0.15, -0.1) is 0 Å². The first-order valence-electron chi connectivity index (χ1n) is 8.16. The molecule has 0 spiro atoms. The Bertz CT molecular complexity index is 781. The Morgan fingerprint density at radius 1 is 1.29 bits per heavy atom. The summed E-state index contributed by atoms with van der Waals surface area (Å²) in [5.74, 6) is -0.132. The minimum absolute atomic E-state index is 0.0215. The first-order valence-corrected chi connectivity index (χ1v) is 8.16. The maximum atomic E-state index is 12.7. The minimum atomic E-state index is -0.417. The lowest BCUT2D eigenvalue weighted by Crippen LogP contribution is -2.47. The number of hydrogen-bond acceptors (Lipinski definition) is 3. The summed E-state index contributed by atoms with van der Waals surface area (Å²) in [6.45, 7) is 3.92. The van der Waals surface area contributed by atoms with E-state index in [1.54, 1.807) is 11.9 Å². The van der Waals surface area contributed by atoms with Crippen molar-refractivity contribution in [1.29, 1.82) is 0 Å². The van der Waals surface area contributed by atoms with Gasteiger partial charge in [-0.25, -0.2) is 4.68 Å². The number of benzene rings is 1. The number of piperidine rings is 1. The fourth-order valence-corrected chi connectivity index (χ4v) is 3.15. The molecule has 24 heavy (non-hydrogen) atoms. The topological polar surface area (TPSA) is 67.2 Å². The molecule has 1 unspecified atom stereocenters. The van der Waals surface area contributed by atoms with Crippen molar-refractivity contribution in [2.75, 3.05) is 12.4 Å². The van der Waals surface area contributed by atoms with Crippen LogP contribution in [0.3, 0.4) is 0 Å². The van der Waals surface area contributed by atoms with Crippen LogP contribution in [0.15, 0.2) is 30.3 Å². The van der Waals surface area contributed by atoms with Gasteiger partial charge < -0.3 is 10.2 Å². The predicted octanol–water partition coefficient (Wildman–Crippen LogP) is 2.44. The van der Waals surface area contributed by atoms with E-state index in [1.165, 1.54) is 0 Å². The molecule has 0 aliphatic carbocycles. The molecular formula is C18H22N4O2. The summed E-state index contributed by atoms with van der Waals surface area (Å²) < 4.78 is 1.82. The number of nitrogens with zero attached hydrogens (tertiary/aromatic N) is 3. The molecule has 0 radical (unpaired) electrons. The zero-order chi connectivity index (χ0) is 17.3. The van der Waals surface area contributed by atoms with Crippen molar-refractivity contribution in [2.24, 2.45) is 0 Å². The molecule has 1 aliphatic heterocycles. The van der Waals surface area contributed by atoms with Gasteiger partial charge in [0.25, 0.3) is 0 Å². The van der Waals surface area contributed by atoms with E-state index < -0.39 is 6.04 Å². The molecule has 1 saturated heterocycles. The number of anilines is 1. The van der Waals surface area contributed by atoms with Crippen LogP contribution in [0.4, 0.5) is 5.69 Å². The zero-order valence-electron chi connectivity index (χ0n) is 14.2. The van der Waals surface area contributed by atoms with Crippen molar-refractivity contribution in [2.45, 2.75) is 39.2 Å². The lowest BCUT2D eigenvalue weighted by Gasteiger charge is -2.31. The molecule has 6 nitrogen and oxygen atoms in total. The lowest BCUT2D eigenvalue weighted by atomic mass is 10.0. The van der Waals surface area contributed by atoms with Crippen LogP contribution >= 0.6 is 0 Å². The van der Waals surface area contributed by atoms with Crippen molar-refractivity contribution in [3.63, 3.8) is 0 Å². The zero-order valence-corrected chi connectivity index (χ0v) is 14.2. The van der Waals surface area contributed by atoms with Crippen LogP contribution < -0.4 is 5.32 Å². The van der Waals surface area contributed by atoms with Gasteiger partial charge in [-0.1, -0.05) is 12.1 Å². The van der Waals surface area contributed by atoms with E-state index >= 15 is 0 Å². The molecule has 1 N–H and O–H groups in total. The number of aryl methyl sites for hydroxylation is 2. The maximum Gasteiger partial charge on any atom is 0.247 e. The smallest absolute Gasteiger partial charge is 0.247 e. The minimum Gasteiger partial charge on any atom is -0.334 e. The van der Waals surface area contributed by atoms with Crippen molar-refractivity contribution < 1.29 is 9.59 Å². The number of likely N-dealkylation sites (tertiary alicyclic amines) is 1. The van der Waals surface area contributed by atoms with E-state index in [0.29, 0.717) is 18.5 Å². The molecule has 1 aliphatic rings. The monoisotopic (exact) mass is 326 g/mol. The summed E-state index contributed by atoms with van der Waals surface area (Å²) >= 11 is 0. The number of carbonyl (C=O) groups is 2. The van der Waals surface area contributed by atoms with Gasteiger partial charge in [-0.3, -0.25) is 9.59 Å². The molecule has 1 fully saturated rings. The van der Waals surface area contributed by atoms with Gasteiger partial charge in [0.05, 0.1) is 17.1 Å². The SMILES string of the molecule is Cc1cc(C)n(-c2ccccc2NC(=O)C2CCCC(=O)N2C)n1. The van der Waals surface area contributed by atoms with E-state index in [4.69, 9.17) is 0 Å². The molecule has 1 aromatic carbocycles.